The van der Waals surface area contributed by atoms with E-state index in [2.05, 4.69) is 42.5 Å². The highest BCUT2D eigenvalue weighted by Crippen LogP contribution is 2.41. The van der Waals surface area contributed by atoms with Crippen LogP contribution in [0.2, 0.25) is 0 Å². The van der Waals surface area contributed by atoms with Gasteiger partial charge >= 0.3 is 0 Å². The molecule has 1 heteroatoms. The molecule has 1 nitrogen and oxygen atoms in total. The second kappa shape index (κ2) is 3.69. The van der Waals surface area contributed by atoms with Gasteiger partial charge in [-0.05, 0) is 53.0 Å². The first-order chi connectivity index (χ1) is 8.81. The van der Waals surface area contributed by atoms with Crippen LogP contribution in [0.25, 0.3) is 11.1 Å². The number of rotatable bonds is 1. The summed E-state index contributed by atoms with van der Waals surface area (Å²) >= 11 is 0. The van der Waals surface area contributed by atoms with E-state index < -0.39 is 0 Å². The first-order valence-electron chi connectivity index (χ1n) is 6.78. The van der Waals surface area contributed by atoms with E-state index in [9.17, 15) is 0 Å². The zero-order valence-corrected chi connectivity index (χ0v) is 10.4. The van der Waals surface area contributed by atoms with Crippen molar-refractivity contribution in [2.75, 3.05) is 0 Å². The largest absolute Gasteiger partial charge is 0.328 e. The number of hydrogen-bond donors (Lipinski definition) is 1. The average Bonchev–Trinajstić information content (AvgIpc) is 2.72. The molecule has 0 radical (unpaired) electrons. The Morgan fingerprint density at radius 1 is 0.889 bits per heavy atom. The number of fused-ring (bicyclic) bond motifs is 3. The first kappa shape index (κ1) is 10.3. The summed E-state index contributed by atoms with van der Waals surface area (Å²) in [5, 5.41) is 0. The minimum atomic E-state index is 0.431. The molecule has 18 heavy (non-hydrogen) atoms. The maximum atomic E-state index is 5.89. The van der Waals surface area contributed by atoms with Gasteiger partial charge in [-0.2, -0.15) is 0 Å². The Morgan fingerprint density at radius 3 is 2.50 bits per heavy atom. The van der Waals surface area contributed by atoms with E-state index in [1.807, 2.05) is 0 Å². The third-order valence-corrected chi connectivity index (χ3v) is 4.46. The SMILES string of the molecule is NC1CC(c2ccc3c(c2)Cc2ccccc2-3)C1. The molecule has 0 aromatic heterocycles. The Labute approximate surface area is 108 Å². The number of hydrogen-bond acceptors (Lipinski definition) is 1. The summed E-state index contributed by atoms with van der Waals surface area (Å²) in [6.07, 6.45) is 3.41. The number of benzene rings is 2. The fourth-order valence-corrected chi connectivity index (χ4v) is 3.35. The highest BCUT2D eigenvalue weighted by Gasteiger charge is 2.28. The Balaban J connectivity index is 1.73. The minimum Gasteiger partial charge on any atom is -0.328 e. The van der Waals surface area contributed by atoms with E-state index in [-0.39, 0.29) is 0 Å². The van der Waals surface area contributed by atoms with Crippen LogP contribution in [0.15, 0.2) is 42.5 Å². The molecule has 0 bridgehead atoms. The zero-order chi connectivity index (χ0) is 12.1. The summed E-state index contributed by atoms with van der Waals surface area (Å²) in [7, 11) is 0. The lowest BCUT2D eigenvalue weighted by Gasteiger charge is -2.33. The van der Waals surface area contributed by atoms with Crippen LogP contribution < -0.4 is 5.73 Å². The van der Waals surface area contributed by atoms with Crippen molar-refractivity contribution in [2.24, 2.45) is 5.73 Å². The molecule has 1 saturated carbocycles. The standard InChI is InChI=1S/C17H17N/c18-15-9-13(10-15)11-5-6-17-14(7-11)8-12-3-1-2-4-16(12)17/h1-7,13,15H,8-10,18H2. The van der Waals surface area contributed by atoms with Crippen molar-refractivity contribution in [2.45, 2.75) is 31.2 Å². The Hall–Kier alpha value is -1.60. The quantitative estimate of drug-likeness (QED) is 0.686. The van der Waals surface area contributed by atoms with Gasteiger partial charge in [0.1, 0.15) is 0 Å². The summed E-state index contributed by atoms with van der Waals surface area (Å²) in [5.41, 5.74) is 13.2. The molecule has 2 aromatic carbocycles. The van der Waals surface area contributed by atoms with Gasteiger partial charge in [-0.1, -0.05) is 42.5 Å². The first-order valence-corrected chi connectivity index (χ1v) is 6.78. The highest BCUT2D eigenvalue weighted by molar-refractivity contribution is 5.77. The summed E-state index contributed by atoms with van der Waals surface area (Å²) in [6, 6.07) is 16.2. The van der Waals surface area contributed by atoms with Gasteiger partial charge in [0.15, 0.2) is 0 Å². The molecule has 1 fully saturated rings. The third-order valence-electron chi connectivity index (χ3n) is 4.46. The van der Waals surface area contributed by atoms with Gasteiger partial charge in [0.05, 0.1) is 0 Å². The van der Waals surface area contributed by atoms with Crippen molar-refractivity contribution in [1.82, 2.24) is 0 Å². The van der Waals surface area contributed by atoms with Crippen LogP contribution >= 0.6 is 0 Å². The van der Waals surface area contributed by atoms with Gasteiger partial charge in [-0.3, -0.25) is 0 Å². The lowest BCUT2D eigenvalue weighted by molar-refractivity contribution is 0.351. The van der Waals surface area contributed by atoms with Crippen molar-refractivity contribution in [3.05, 3.63) is 59.2 Å². The van der Waals surface area contributed by atoms with Crippen LogP contribution in [0, 0.1) is 0 Å². The van der Waals surface area contributed by atoms with E-state index in [0.29, 0.717) is 12.0 Å². The predicted octanol–water partition coefficient (Wildman–Crippen LogP) is 3.46. The molecule has 90 valence electrons. The molecule has 0 unspecified atom stereocenters. The smallest absolute Gasteiger partial charge is 0.00504 e. The van der Waals surface area contributed by atoms with E-state index >= 15 is 0 Å². The van der Waals surface area contributed by atoms with Crippen molar-refractivity contribution >= 4 is 0 Å². The Kier molecular flexibility index (Phi) is 2.12. The van der Waals surface area contributed by atoms with Crippen LogP contribution in [0.3, 0.4) is 0 Å². The molecule has 4 rings (SSSR count). The lowest BCUT2D eigenvalue weighted by Crippen LogP contribution is -2.34. The van der Waals surface area contributed by atoms with Gasteiger partial charge in [0, 0.05) is 6.04 Å². The van der Waals surface area contributed by atoms with Crippen LogP contribution in [-0.4, -0.2) is 6.04 Å². The molecule has 2 aliphatic carbocycles. The van der Waals surface area contributed by atoms with Gasteiger partial charge in [0.25, 0.3) is 0 Å². The molecule has 2 aliphatic rings. The maximum absolute atomic E-state index is 5.89. The zero-order valence-electron chi connectivity index (χ0n) is 10.4. The minimum absolute atomic E-state index is 0.431. The molecule has 2 aromatic rings. The molecular weight excluding hydrogens is 218 g/mol. The highest BCUT2D eigenvalue weighted by atomic mass is 14.7. The van der Waals surface area contributed by atoms with Gasteiger partial charge in [-0.15, -0.1) is 0 Å². The van der Waals surface area contributed by atoms with Crippen molar-refractivity contribution in [3.63, 3.8) is 0 Å². The van der Waals surface area contributed by atoms with Crippen molar-refractivity contribution in [1.29, 1.82) is 0 Å². The fourth-order valence-electron chi connectivity index (χ4n) is 3.35. The summed E-state index contributed by atoms with van der Waals surface area (Å²) < 4.78 is 0. The molecule has 0 saturated heterocycles. The molecule has 2 N–H and O–H groups in total. The fraction of sp³-hybridized carbons (Fsp3) is 0.294. The maximum Gasteiger partial charge on any atom is 0.00504 e. The molecule has 0 heterocycles. The average molecular weight is 235 g/mol. The van der Waals surface area contributed by atoms with Gasteiger partial charge in [-0.25, -0.2) is 0 Å². The lowest BCUT2D eigenvalue weighted by atomic mass is 9.76. The van der Waals surface area contributed by atoms with Crippen molar-refractivity contribution in [3.8, 4) is 11.1 Å². The Morgan fingerprint density at radius 2 is 1.67 bits per heavy atom. The third kappa shape index (κ3) is 1.44. The van der Waals surface area contributed by atoms with Gasteiger partial charge in [0.2, 0.25) is 0 Å². The second-order valence-electron chi connectivity index (χ2n) is 5.68. The van der Waals surface area contributed by atoms with E-state index in [4.69, 9.17) is 5.73 Å². The van der Waals surface area contributed by atoms with Crippen LogP contribution in [0.1, 0.15) is 35.4 Å². The van der Waals surface area contributed by atoms with E-state index in [0.717, 1.165) is 19.3 Å². The summed E-state index contributed by atoms with van der Waals surface area (Å²) in [5.74, 6) is 0.703. The van der Waals surface area contributed by atoms with E-state index in [1.54, 1.807) is 0 Å². The molecule has 0 spiro atoms. The van der Waals surface area contributed by atoms with Crippen LogP contribution in [-0.2, 0) is 6.42 Å². The predicted molar refractivity (Wildman–Crippen MR) is 74.6 cm³/mol. The summed E-state index contributed by atoms with van der Waals surface area (Å²) in [4.78, 5) is 0. The molecule has 0 atom stereocenters. The Bertz CT molecular complexity index is 609. The molecular formula is C17H17N. The summed E-state index contributed by atoms with van der Waals surface area (Å²) in [6.45, 7) is 0. The monoisotopic (exact) mass is 235 g/mol. The van der Waals surface area contributed by atoms with Crippen LogP contribution in [0.4, 0.5) is 0 Å². The van der Waals surface area contributed by atoms with Crippen LogP contribution in [0.5, 0.6) is 0 Å². The normalized spacial score (nSPS) is 24.3. The van der Waals surface area contributed by atoms with Gasteiger partial charge < -0.3 is 5.73 Å². The topological polar surface area (TPSA) is 26.0 Å². The molecule has 0 aliphatic heterocycles. The second-order valence-corrected chi connectivity index (χ2v) is 5.68. The van der Waals surface area contributed by atoms with E-state index in [1.165, 1.54) is 27.8 Å². The number of nitrogens with two attached hydrogens (primary N) is 1. The van der Waals surface area contributed by atoms with Crippen molar-refractivity contribution < 1.29 is 0 Å². The molecule has 0 amide bonds.